The Hall–Kier alpha value is -0.760. The zero-order valence-corrected chi connectivity index (χ0v) is 12.1. The number of aromatic nitrogens is 2. The average molecular weight is 332 g/mol. The van der Waals surface area contributed by atoms with Crippen LogP contribution in [0, 0.1) is 0 Å². The molecule has 1 aliphatic rings. The van der Waals surface area contributed by atoms with Gasteiger partial charge in [-0.2, -0.15) is 0 Å². The Morgan fingerprint density at radius 1 is 1.44 bits per heavy atom. The summed E-state index contributed by atoms with van der Waals surface area (Å²) in [7, 11) is 0. The number of hydrogen-bond acceptors (Lipinski definition) is 5. The summed E-state index contributed by atoms with van der Waals surface area (Å²) < 4.78 is 1.59. The molecule has 0 bridgehead atoms. The van der Waals surface area contributed by atoms with Crippen molar-refractivity contribution in [2.24, 2.45) is 0 Å². The number of hydrogen-bond donors (Lipinski definition) is 3. The normalized spacial score (nSPS) is 16.3. The molecule has 0 aromatic carbocycles. The zero-order valence-electron chi connectivity index (χ0n) is 9.65. The minimum absolute atomic E-state index is 0.0266. The molecule has 0 spiro atoms. The van der Waals surface area contributed by atoms with E-state index < -0.39 is 0 Å². The molecular formula is C11H14BrN3O2S. The first kappa shape index (κ1) is 13.7. The van der Waals surface area contributed by atoms with Crippen molar-refractivity contribution in [3.8, 4) is 0 Å². The van der Waals surface area contributed by atoms with E-state index >= 15 is 0 Å². The van der Waals surface area contributed by atoms with E-state index in [0.29, 0.717) is 4.70 Å². The molecule has 3 rings (SSSR count). The topological polar surface area (TPSA) is 78.0 Å². The lowest BCUT2D eigenvalue weighted by Gasteiger charge is -2.16. The Balaban J connectivity index is 0.000000149. The molecule has 1 aliphatic heterocycles. The second-order valence-corrected chi connectivity index (χ2v) is 6.41. The van der Waals surface area contributed by atoms with Gasteiger partial charge in [0, 0.05) is 0 Å². The number of halogens is 1. The van der Waals surface area contributed by atoms with Gasteiger partial charge >= 0.3 is 0 Å². The number of aliphatic hydroxyl groups is 1. The van der Waals surface area contributed by atoms with Crippen LogP contribution in [0.5, 0.6) is 0 Å². The fourth-order valence-corrected chi connectivity index (χ4v) is 3.08. The minimum atomic E-state index is -0.0781. The van der Waals surface area contributed by atoms with Crippen molar-refractivity contribution in [2.75, 3.05) is 13.1 Å². The molecule has 0 aliphatic carbocycles. The van der Waals surface area contributed by atoms with Crippen LogP contribution >= 0.6 is 27.3 Å². The summed E-state index contributed by atoms with van der Waals surface area (Å²) in [5.74, 6) is 0. The van der Waals surface area contributed by atoms with Crippen LogP contribution in [0.2, 0.25) is 0 Å². The third-order valence-electron chi connectivity index (χ3n) is 2.60. The van der Waals surface area contributed by atoms with E-state index in [4.69, 9.17) is 5.11 Å². The van der Waals surface area contributed by atoms with E-state index in [2.05, 4.69) is 31.2 Å². The van der Waals surface area contributed by atoms with Crippen molar-refractivity contribution in [2.45, 2.75) is 18.9 Å². The van der Waals surface area contributed by atoms with Crippen LogP contribution in [-0.4, -0.2) is 34.3 Å². The maximum absolute atomic E-state index is 11.1. The SMILES string of the molecule is O=c1[nH]cnc2cc(Br)sc12.OC1CCNCC1. The summed E-state index contributed by atoms with van der Waals surface area (Å²) in [6.45, 7) is 1.97. The molecule has 2 aromatic heterocycles. The number of thiophene rings is 1. The molecule has 3 heterocycles. The lowest BCUT2D eigenvalue weighted by molar-refractivity contribution is 0.137. The highest BCUT2D eigenvalue weighted by Crippen LogP contribution is 2.24. The van der Waals surface area contributed by atoms with E-state index in [9.17, 15) is 4.79 Å². The van der Waals surface area contributed by atoms with Crippen LogP contribution in [0.25, 0.3) is 10.2 Å². The first-order chi connectivity index (χ1) is 8.66. The van der Waals surface area contributed by atoms with Crippen molar-refractivity contribution in [3.05, 3.63) is 26.5 Å². The van der Waals surface area contributed by atoms with E-state index in [1.807, 2.05) is 6.07 Å². The van der Waals surface area contributed by atoms with E-state index in [-0.39, 0.29) is 11.7 Å². The number of nitrogens with one attached hydrogen (secondary N) is 2. The predicted molar refractivity (Wildman–Crippen MR) is 76.1 cm³/mol. The van der Waals surface area contributed by atoms with E-state index in [0.717, 1.165) is 35.2 Å². The molecule has 98 valence electrons. The first-order valence-electron chi connectivity index (χ1n) is 5.68. The lowest BCUT2D eigenvalue weighted by Crippen LogP contribution is -2.30. The summed E-state index contributed by atoms with van der Waals surface area (Å²) in [5, 5.41) is 12.0. The van der Waals surface area contributed by atoms with Gasteiger partial charge in [0.2, 0.25) is 0 Å². The second-order valence-electron chi connectivity index (χ2n) is 3.98. The summed E-state index contributed by atoms with van der Waals surface area (Å²) in [4.78, 5) is 17.6. The Kier molecular flexibility index (Phi) is 4.87. The molecule has 0 amide bonds. The number of aliphatic hydroxyl groups excluding tert-OH is 1. The fraction of sp³-hybridized carbons (Fsp3) is 0.455. The molecule has 1 saturated heterocycles. The van der Waals surface area contributed by atoms with Crippen molar-refractivity contribution in [3.63, 3.8) is 0 Å². The van der Waals surface area contributed by atoms with Crippen molar-refractivity contribution < 1.29 is 5.11 Å². The first-order valence-corrected chi connectivity index (χ1v) is 7.29. The molecule has 0 atom stereocenters. The van der Waals surface area contributed by atoms with Gasteiger partial charge in [-0.15, -0.1) is 11.3 Å². The monoisotopic (exact) mass is 331 g/mol. The molecule has 0 unspecified atom stereocenters. The molecule has 7 heteroatoms. The maximum Gasteiger partial charge on any atom is 0.268 e. The zero-order chi connectivity index (χ0) is 13.0. The van der Waals surface area contributed by atoms with Crippen LogP contribution in [0.15, 0.2) is 21.0 Å². The molecule has 0 radical (unpaired) electrons. The van der Waals surface area contributed by atoms with Gasteiger partial charge < -0.3 is 15.4 Å². The van der Waals surface area contributed by atoms with Crippen LogP contribution in [0.3, 0.4) is 0 Å². The van der Waals surface area contributed by atoms with Gasteiger partial charge in [-0.05, 0) is 47.9 Å². The Bertz CT molecular complexity index is 563. The molecule has 1 fully saturated rings. The van der Waals surface area contributed by atoms with E-state index in [1.165, 1.54) is 17.7 Å². The van der Waals surface area contributed by atoms with E-state index in [1.54, 1.807) is 0 Å². The van der Waals surface area contributed by atoms with Gasteiger partial charge in [0.15, 0.2) is 0 Å². The summed E-state index contributed by atoms with van der Waals surface area (Å²) in [6.07, 6.45) is 3.24. The summed E-state index contributed by atoms with van der Waals surface area (Å²) >= 11 is 4.67. The highest BCUT2D eigenvalue weighted by Gasteiger charge is 2.06. The predicted octanol–water partition coefficient (Wildman–Crippen LogP) is 1.48. The molecule has 2 aromatic rings. The number of piperidine rings is 1. The van der Waals surface area contributed by atoms with Crippen molar-refractivity contribution >= 4 is 37.5 Å². The highest BCUT2D eigenvalue weighted by atomic mass is 79.9. The smallest absolute Gasteiger partial charge is 0.268 e. The third-order valence-corrected chi connectivity index (χ3v) is 4.22. The lowest BCUT2D eigenvalue weighted by atomic mass is 10.1. The standard InChI is InChI=1S/C6H3BrN2OS.C5H11NO/c7-4-1-3-5(11-4)6(10)9-2-8-3;7-5-1-3-6-4-2-5/h1-2H,(H,8,9,10);5-7H,1-4H2. The number of rotatable bonds is 0. The molecule has 0 saturated carbocycles. The molecule has 18 heavy (non-hydrogen) atoms. The minimum Gasteiger partial charge on any atom is -0.393 e. The molecule has 5 nitrogen and oxygen atoms in total. The van der Waals surface area contributed by atoms with Gasteiger partial charge in [-0.3, -0.25) is 4.79 Å². The average Bonchev–Trinajstić information content (AvgIpc) is 2.73. The van der Waals surface area contributed by atoms with Gasteiger partial charge in [-0.1, -0.05) is 0 Å². The number of aromatic amines is 1. The highest BCUT2D eigenvalue weighted by molar-refractivity contribution is 9.11. The van der Waals surface area contributed by atoms with Gasteiger partial charge in [-0.25, -0.2) is 4.98 Å². The summed E-state index contributed by atoms with van der Waals surface area (Å²) in [6, 6.07) is 1.83. The van der Waals surface area contributed by atoms with Crippen LogP contribution in [0.1, 0.15) is 12.8 Å². The number of fused-ring (bicyclic) bond motifs is 1. The summed E-state index contributed by atoms with van der Waals surface area (Å²) in [5.41, 5.74) is 0.663. The largest absolute Gasteiger partial charge is 0.393 e. The van der Waals surface area contributed by atoms with Crippen LogP contribution < -0.4 is 10.9 Å². The van der Waals surface area contributed by atoms with Crippen molar-refractivity contribution in [1.82, 2.24) is 15.3 Å². The Labute approximate surface area is 116 Å². The van der Waals surface area contributed by atoms with Crippen LogP contribution in [-0.2, 0) is 0 Å². The van der Waals surface area contributed by atoms with Gasteiger partial charge in [0.1, 0.15) is 4.70 Å². The van der Waals surface area contributed by atoms with Gasteiger partial charge in [0.05, 0.1) is 21.7 Å². The maximum atomic E-state index is 11.1. The quantitative estimate of drug-likeness (QED) is 0.683. The fourth-order valence-electron chi connectivity index (χ4n) is 1.64. The second kappa shape index (κ2) is 6.42. The van der Waals surface area contributed by atoms with Crippen LogP contribution in [0.4, 0.5) is 0 Å². The Morgan fingerprint density at radius 2 is 2.17 bits per heavy atom. The number of H-pyrrole nitrogens is 1. The number of nitrogens with zero attached hydrogens (tertiary/aromatic N) is 1. The van der Waals surface area contributed by atoms with Crippen molar-refractivity contribution in [1.29, 1.82) is 0 Å². The Morgan fingerprint density at radius 3 is 2.72 bits per heavy atom. The molecule has 3 N–H and O–H groups in total. The molecular weight excluding hydrogens is 318 g/mol. The third kappa shape index (κ3) is 3.61. The van der Waals surface area contributed by atoms with Gasteiger partial charge in [0.25, 0.3) is 5.56 Å².